The number of anilines is 1. The lowest BCUT2D eigenvalue weighted by atomic mass is 10.1. The average Bonchev–Trinajstić information content (AvgIpc) is 2.67. The SMILES string of the molecule is COc1ccc(C(=O)N2CCN(c3ccc([N+](=O)[O-])cc3)CC2)c(F)c1. The van der Waals surface area contributed by atoms with Crippen LogP contribution in [-0.2, 0) is 0 Å². The van der Waals surface area contributed by atoms with Crippen molar-refractivity contribution in [1.29, 1.82) is 0 Å². The van der Waals surface area contributed by atoms with Gasteiger partial charge in [0.2, 0.25) is 0 Å². The standard InChI is InChI=1S/C18H18FN3O4/c1-26-15-6-7-16(17(19)12-15)18(23)21-10-8-20(9-11-21)13-2-4-14(5-3-13)22(24)25/h2-7,12H,8-11H2,1H3. The molecule has 2 aromatic rings. The van der Waals surface area contributed by atoms with Gasteiger partial charge >= 0.3 is 0 Å². The average molecular weight is 359 g/mol. The molecule has 1 aliphatic rings. The van der Waals surface area contributed by atoms with Gasteiger partial charge in [-0.2, -0.15) is 0 Å². The quantitative estimate of drug-likeness (QED) is 0.620. The number of rotatable bonds is 4. The lowest BCUT2D eigenvalue weighted by Crippen LogP contribution is -2.49. The van der Waals surface area contributed by atoms with Crippen molar-refractivity contribution in [3.05, 3.63) is 64.0 Å². The van der Waals surface area contributed by atoms with E-state index in [1.54, 1.807) is 23.1 Å². The van der Waals surface area contributed by atoms with E-state index in [-0.39, 0.29) is 17.2 Å². The maximum Gasteiger partial charge on any atom is 0.269 e. The minimum atomic E-state index is -0.604. The molecule has 1 amide bonds. The molecule has 0 bridgehead atoms. The molecule has 3 rings (SSSR count). The predicted octanol–water partition coefficient (Wildman–Crippen LogP) is 2.70. The number of nitrogens with zero attached hydrogens (tertiary/aromatic N) is 3. The Morgan fingerprint density at radius 3 is 2.31 bits per heavy atom. The summed E-state index contributed by atoms with van der Waals surface area (Å²) in [7, 11) is 1.44. The van der Waals surface area contributed by atoms with E-state index in [0.717, 1.165) is 5.69 Å². The molecule has 0 radical (unpaired) electrons. The van der Waals surface area contributed by atoms with E-state index in [0.29, 0.717) is 31.9 Å². The van der Waals surface area contributed by atoms with Crippen LogP contribution in [0.1, 0.15) is 10.4 Å². The van der Waals surface area contributed by atoms with Crippen molar-refractivity contribution in [2.75, 3.05) is 38.2 Å². The second-order valence-corrected chi connectivity index (χ2v) is 5.90. The van der Waals surface area contributed by atoms with Crippen molar-refractivity contribution in [2.24, 2.45) is 0 Å². The Morgan fingerprint density at radius 2 is 1.77 bits per heavy atom. The molecule has 0 aliphatic carbocycles. The Bertz CT molecular complexity index is 818. The molecule has 2 aromatic carbocycles. The van der Waals surface area contributed by atoms with Crippen LogP contribution in [0.5, 0.6) is 5.75 Å². The number of methoxy groups -OCH3 is 1. The highest BCUT2D eigenvalue weighted by Crippen LogP contribution is 2.22. The van der Waals surface area contributed by atoms with Crippen LogP contribution in [0.2, 0.25) is 0 Å². The maximum atomic E-state index is 14.1. The van der Waals surface area contributed by atoms with Gasteiger partial charge in [-0.3, -0.25) is 14.9 Å². The number of amides is 1. The van der Waals surface area contributed by atoms with Gasteiger partial charge in [0, 0.05) is 50.1 Å². The number of hydrogen-bond acceptors (Lipinski definition) is 5. The van der Waals surface area contributed by atoms with Crippen LogP contribution < -0.4 is 9.64 Å². The Hall–Kier alpha value is -3.16. The van der Waals surface area contributed by atoms with Gasteiger partial charge in [-0.1, -0.05) is 0 Å². The van der Waals surface area contributed by atoms with Crippen LogP contribution in [0.15, 0.2) is 42.5 Å². The van der Waals surface area contributed by atoms with E-state index < -0.39 is 10.7 Å². The van der Waals surface area contributed by atoms with E-state index in [1.165, 1.54) is 31.4 Å². The number of nitro benzene ring substituents is 1. The lowest BCUT2D eigenvalue weighted by Gasteiger charge is -2.36. The van der Waals surface area contributed by atoms with Crippen LogP contribution in [0.3, 0.4) is 0 Å². The summed E-state index contributed by atoms with van der Waals surface area (Å²) in [6.45, 7) is 2.03. The summed E-state index contributed by atoms with van der Waals surface area (Å²) in [5.74, 6) is -0.595. The van der Waals surface area contributed by atoms with Crippen molar-refractivity contribution >= 4 is 17.3 Å². The third-order valence-electron chi connectivity index (χ3n) is 4.40. The Labute approximate surface area is 149 Å². The van der Waals surface area contributed by atoms with E-state index in [2.05, 4.69) is 0 Å². The van der Waals surface area contributed by atoms with E-state index >= 15 is 0 Å². The zero-order valence-corrected chi connectivity index (χ0v) is 14.2. The van der Waals surface area contributed by atoms with Crippen LogP contribution in [0, 0.1) is 15.9 Å². The number of ether oxygens (including phenoxy) is 1. The van der Waals surface area contributed by atoms with E-state index in [9.17, 15) is 19.3 Å². The predicted molar refractivity (Wildman–Crippen MR) is 94.2 cm³/mol. The molecule has 136 valence electrons. The second kappa shape index (κ2) is 7.38. The van der Waals surface area contributed by atoms with Crippen molar-refractivity contribution < 1.29 is 18.8 Å². The molecule has 7 nitrogen and oxygen atoms in total. The first kappa shape index (κ1) is 17.7. The number of hydrogen-bond donors (Lipinski definition) is 0. The molecule has 0 saturated carbocycles. The lowest BCUT2D eigenvalue weighted by molar-refractivity contribution is -0.384. The molecule has 8 heteroatoms. The van der Waals surface area contributed by atoms with Gasteiger partial charge in [0.25, 0.3) is 11.6 Å². The van der Waals surface area contributed by atoms with Crippen molar-refractivity contribution in [3.63, 3.8) is 0 Å². The molecule has 26 heavy (non-hydrogen) atoms. The Kier molecular flexibility index (Phi) is 5.01. The third kappa shape index (κ3) is 3.58. The van der Waals surface area contributed by atoms with Gasteiger partial charge in [-0.05, 0) is 24.3 Å². The fourth-order valence-electron chi connectivity index (χ4n) is 2.92. The Balaban J connectivity index is 1.64. The van der Waals surface area contributed by atoms with Gasteiger partial charge in [0.15, 0.2) is 0 Å². The minimum Gasteiger partial charge on any atom is -0.497 e. The maximum absolute atomic E-state index is 14.1. The van der Waals surface area contributed by atoms with Crippen LogP contribution in [0.4, 0.5) is 15.8 Å². The molecular weight excluding hydrogens is 341 g/mol. The molecule has 1 fully saturated rings. The monoisotopic (exact) mass is 359 g/mol. The summed E-state index contributed by atoms with van der Waals surface area (Å²) in [5.41, 5.74) is 0.922. The molecule has 0 aromatic heterocycles. The summed E-state index contributed by atoms with van der Waals surface area (Å²) in [5, 5.41) is 10.7. The first-order chi connectivity index (χ1) is 12.5. The summed E-state index contributed by atoms with van der Waals surface area (Å²) >= 11 is 0. The molecule has 0 spiro atoms. The number of benzene rings is 2. The van der Waals surface area contributed by atoms with E-state index in [4.69, 9.17) is 4.74 Å². The topological polar surface area (TPSA) is 75.9 Å². The number of halogens is 1. The summed E-state index contributed by atoms with van der Waals surface area (Å²) in [6, 6.07) is 10.5. The largest absolute Gasteiger partial charge is 0.497 e. The van der Waals surface area contributed by atoms with Crippen LogP contribution >= 0.6 is 0 Å². The fourth-order valence-corrected chi connectivity index (χ4v) is 2.92. The summed E-state index contributed by atoms with van der Waals surface area (Å²) in [6.07, 6.45) is 0. The van der Waals surface area contributed by atoms with Gasteiger partial charge in [-0.15, -0.1) is 0 Å². The molecule has 0 atom stereocenters. The van der Waals surface area contributed by atoms with Crippen molar-refractivity contribution in [2.45, 2.75) is 0 Å². The van der Waals surface area contributed by atoms with Crippen molar-refractivity contribution in [1.82, 2.24) is 4.90 Å². The van der Waals surface area contributed by atoms with Crippen LogP contribution in [0.25, 0.3) is 0 Å². The number of carbonyl (C=O) groups is 1. The number of carbonyl (C=O) groups excluding carboxylic acids is 1. The number of non-ortho nitro benzene ring substituents is 1. The Morgan fingerprint density at radius 1 is 1.12 bits per heavy atom. The molecule has 1 aliphatic heterocycles. The molecular formula is C18H18FN3O4. The molecule has 0 unspecified atom stereocenters. The minimum absolute atomic E-state index is 0.0228. The fraction of sp³-hybridized carbons (Fsp3) is 0.278. The zero-order valence-electron chi connectivity index (χ0n) is 14.2. The highest BCUT2D eigenvalue weighted by Gasteiger charge is 2.24. The first-order valence-electron chi connectivity index (χ1n) is 8.12. The number of nitro groups is 1. The van der Waals surface area contributed by atoms with Gasteiger partial charge < -0.3 is 14.5 Å². The van der Waals surface area contributed by atoms with Crippen LogP contribution in [-0.4, -0.2) is 49.0 Å². The third-order valence-corrected chi connectivity index (χ3v) is 4.40. The highest BCUT2D eigenvalue weighted by atomic mass is 19.1. The zero-order chi connectivity index (χ0) is 18.7. The molecule has 0 N–H and O–H groups in total. The summed E-state index contributed by atoms with van der Waals surface area (Å²) < 4.78 is 19.0. The smallest absolute Gasteiger partial charge is 0.269 e. The number of piperazine rings is 1. The van der Waals surface area contributed by atoms with Gasteiger partial charge in [0.05, 0.1) is 17.6 Å². The van der Waals surface area contributed by atoms with Gasteiger partial charge in [0.1, 0.15) is 11.6 Å². The normalized spacial score (nSPS) is 14.2. The summed E-state index contributed by atoms with van der Waals surface area (Å²) in [4.78, 5) is 26.5. The highest BCUT2D eigenvalue weighted by molar-refractivity contribution is 5.94. The van der Waals surface area contributed by atoms with Gasteiger partial charge in [-0.25, -0.2) is 4.39 Å². The van der Waals surface area contributed by atoms with Crippen molar-refractivity contribution in [3.8, 4) is 5.75 Å². The molecule has 1 heterocycles. The second-order valence-electron chi connectivity index (χ2n) is 5.90. The molecule has 1 saturated heterocycles. The first-order valence-corrected chi connectivity index (χ1v) is 8.12. The van der Waals surface area contributed by atoms with E-state index in [1.807, 2.05) is 4.90 Å².